The number of carbonyl (C=O) groups is 1. The summed E-state index contributed by atoms with van der Waals surface area (Å²) in [6.45, 7) is 2.59. The molecule has 3 aromatic rings. The third-order valence-corrected chi connectivity index (χ3v) is 3.98. The van der Waals surface area contributed by atoms with Crippen molar-refractivity contribution in [2.75, 3.05) is 5.32 Å². The molecule has 1 aromatic heterocycles. The predicted octanol–water partition coefficient (Wildman–Crippen LogP) is 4.15. The molecule has 1 N–H and O–H groups in total. The van der Waals surface area contributed by atoms with Gasteiger partial charge in [-0.1, -0.05) is 41.9 Å². The smallest absolute Gasteiger partial charge is 0.257 e. The zero-order valence-electron chi connectivity index (χ0n) is 12.7. The van der Waals surface area contributed by atoms with E-state index in [1.165, 1.54) is 0 Å². The monoisotopic (exact) mass is 325 g/mol. The number of hydrogen-bond acceptors (Lipinski definition) is 2. The number of para-hydroxylation sites is 1. The lowest BCUT2D eigenvalue weighted by molar-refractivity contribution is 0.102. The first-order chi connectivity index (χ1) is 11.1. The summed E-state index contributed by atoms with van der Waals surface area (Å²) in [6, 6.07) is 14.7. The zero-order valence-corrected chi connectivity index (χ0v) is 13.4. The average Bonchev–Trinajstić information content (AvgIpc) is 2.95. The molecule has 4 nitrogen and oxygen atoms in total. The summed E-state index contributed by atoms with van der Waals surface area (Å²) in [5.41, 5.74) is 2.24. The summed E-state index contributed by atoms with van der Waals surface area (Å²) in [6.07, 6.45) is 3.68. The van der Waals surface area contributed by atoms with Crippen LogP contribution < -0.4 is 5.32 Å². The van der Waals surface area contributed by atoms with Crippen molar-refractivity contribution in [3.63, 3.8) is 0 Å². The number of rotatable bonds is 4. The summed E-state index contributed by atoms with van der Waals surface area (Å²) in [4.78, 5) is 16.7. The van der Waals surface area contributed by atoms with E-state index in [0.717, 1.165) is 17.1 Å². The standard InChI is InChI=1S/C18H16ClN3O/c1-13-20-10-11-22(13)12-14-6-2-5-9-17(14)21-18(23)15-7-3-4-8-16(15)19/h2-11H,12H2,1H3,(H,21,23). The van der Waals surface area contributed by atoms with Crippen LogP contribution in [-0.4, -0.2) is 15.5 Å². The van der Waals surface area contributed by atoms with E-state index in [2.05, 4.69) is 10.3 Å². The largest absolute Gasteiger partial charge is 0.331 e. The highest BCUT2D eigenvalue weighted by Crippen LogP contribution is 2.20. The third-order valence-electron chi connectivity index (χ3n) is 3.65. The van der Waals surface area contributed by atoms with E-state index < -0.39 is 0 Å². The average molecular weight is 326 g/mol. The Hall–Kier alpha value is -2.59. The van der Waals surface area contributed by atoms with Gasteiger partial charge in [-0.25, -0.2) is 4.98 Å². The maximum Gasteiger partial charge on any atom is 0.257 e. The molecule has 0 aliphatic rings. The minimum Gasteiger partial charge on any atom is -0.331 e. The number of imidazole rings is 1. The number of hydrogen-bond donors (Lipinski definition) is 1. The molecule has 0 radical (unpaired) electrons. The number of halogens is 1. The normalized spacial score (nSPS) is 10.5. The van der Waals surface area contributed by atoms with Crippen LogP contribution in [0.5, 0.6) is 0 Å². The first kappa shape index (κ1) is 15.3. The molecule has 2 aromatic carbocycles. The second-order valence-corrected chi connectivity index (χ2v) is 5.60. The topological polar surface area (TPSA) is 46.9 Å². The highest BCUT2D eigenvalue weighted by Gasteiger charge is 2.12. The molecular weight excluding hydrogens is 310 g/mol. The highest BCUT2D eigenvalue weighted by molar-refractivity contribution is 6.34. The summed E-state index contributed by atoms with van der Waals surface area (Å²) in [5, 5.41) is 3.38. The van der Waals surface area contributed by atoms with E-state index in [1.807, 2.05) is 42.0 Å². The van der Waals surface area contributed by atoms with E-state index in [-0.39, 0.29) is 5.91 Å². The third kappa shape index (κ3) is 3.43. The molecule has 0 aliphatic heterocycles. The van der Waals surface area contributed by atoms with E-state index in [4.69, 9.17) is 11.6 Å². The van der Waals surface area contributed by atoms with Gasteiger partial charge in [0.2, 0.25) is 0 Å². The molecule has 0 unspecified atom stereocenters. The van der Waals surface area contributed by atoms with Gasteiger partial charge < -0.3 is 9.88 Å². The second kappa shape index (κ2) is 6.67. The van der Waals surface area contributed by atoms with Crippen molar-refractivity contribution in [1.82, 2.24) is 9.55 Å². The van der Waals surface area contributed by atoms with Crippen LogP contribution in [0.15, 0.2) is 60.9 Å². The van der Waals surface area contributed by atoms with Crippen molar-refractivity contribution in [3.05, 3.63) is 82.9 Å². The molecule has 5 heteroatoms. The van der Waals surface area contributed by atoms with Gasteiger partial charge in [0.05, 0.1) is 17.1 Å². The van der Waals surface area contributed by atoms with Crippen molar-refractivity contribution < 1.29 is 4.79 Å². The lowest BCUT2D eigenvalue weighted by Gasteiger charge is -2.13. The Balaban J connectivity index is 1.85. The summed E-state index contributed by atoms with van der Waals surface area (Å²) < 4.78 is 2.03. The maximum absolute atomic E-state index is 12.4. The number of aryl methyl sites for hydroxylation is 1. The fourth-order valence-corrected chi connectivity index (χ4v) is 2.59. The zero-order chi connectivity index (χ0) is 16.2. The van der Waals surface area contributed by atoms with E-state index in [1.54, 1.807) is 30.5 Å². The lowest BCUT2D eigenvalue weighted by Crippen LogP contribution is -2.14. The Morgan fingerprint density at radius 1 is 1.17 bits per heavy atom. The number of carbonyl (C=O) groups excluding carboxylic acids is 1. The lowest BCUT2D eigenvalue weighted by atomic mass is 10.1. The number of amides is 1. The minimum absolute atomic E-state index is 0.217. The summed E-state index contributed by atoms with van der Waals surface area (Å²) >= 11 is 6.09. The van der Waals surface area contributed by atoms with Crippen LogP contribution in [0, 0.1) is 6.92 Å². The number of anilines is 1. The second-order valence-electron chi connectivity index (χ2n) is 5.19. The summed E-state index contributed by atoms with van der Waals surface area (Å²) in [7, 11) is 0. The van der Waals surface area contributed by atoms with Gasteiger partial charge in [-0.15, -0.1) is 0 Å². The number of aromatic nitrogens is 2. The van der Waals surface area contributed by atoms with Crippen molar-refractivity contribution in [2.24, 2.45) is 0 Å². The Bertz CT molecular complexity index is 842. The van der Waals surface area contributed by atoms with Gasteiger partial charge in [-0.05, 0) is 30.7 Å². The van der Waals surface area contributed by atoms with Crippen LogP contribution in [0.2, 0.25) is 5.02 Å². The molecule has 1 heterocycles. The molecule has 0 saturated carbocycles. The van der Waals surface area contributed by atoms with Gasteiger partial charge in [0, 0.05) is 18.1 Å². The van der Waals surface area contributed by atoms with Crippen molar-refractivity contribution in [3.8, 4) is 0 Å². The predicted molar refractivity (Wildman–Crippen MR) is 91.9 cm³/mol. The molecule has 0 saturated heterocycles. The van der Waals surface area contributed by atoms with E-state index in [0.29, 0.717) is 17.1 Å². The van der Waals surface area contributed by atoms with Crippen LogP contribution in [-0.2, 0) is 6.54 Å². The first-order valence-electron chi connectivity index (χ1n) is 7.26. The van der Waals surface area contributed by atoms with E-state index >= 15 is 0 Å². The molecule has 23 heavy (non-hydrogen) atoms. The van der Waals surface area contributed by atoms with E-state index in [9.17, 15) is 4.79 Å². The molecule has 0 bridgehead atoms. The van der Waals surface area contributed by atoms with Gasteiger partial charge in [-0.3, -0.25) is 4.79 Å². The van der Waals surface area contributed by atoms with Crippen molar-refractivity contribution in [2.45, 2.75) is 13.5 Å². The van der Waals surface area contributed by atoms with Gasteiger partial charge >= 0.3 is 0 Å². The molecule has 3 rings (SSSR count). The van der Waals surface area contributed by atoms with Gasteiger partial charge in [0.15, 0.2) is 0 Å². The molecular formula is C18H16ClN3O. The first-order valence-corrected chi connectivity index (χ1v) is 7.64. The Labute approximate surface area is 139 Å². The van der Waals surface area contributed by atoms with Gasteiger partial charge in [0.25, 0.3) is 5.91 Å². The maximum atomic E-state index is 12.4. The SMILES string of the molecule is Cc1nccn1Cc1ccccc1NC(=O)c1ccccc1Cl. The minimum atomic E-state index is -0.217. The number of nitrogens with one attached hydrogen (secondary N) is 1. The molecule has 0 fully saturated rings. The van der Waals surface area contributed by atoms with Crippen molar-refractivity contribution in [1.29, 1.82) is 0 Å². The number of nitrogens with zero attached hydrogens (tertiary/aromatic N) is 2. The van der Waals surface area contributed by atoms with Crippen molar-refractivity contribution >= 4 is 23.2 Å². The fourth-order valence-electron chi connectivity index (χ4n) is 2.37. The Morgan fingerprint density at radius 2 is 1.91 bits per heavy atom. The van der Waals surface area contributed by atoms with Crippen LogP contribution in [0.1, 0.15) is 21.7 Å². The summed E-state index contributed by atoms with van der Waals surface area (Å²) in [5.74, 6) is 0.711. The number of benzene rings is 2. The van der Waals surface area contributed by atoms with Gasteiger partial charge in [0.1, 0.15) is 5.82 Å². The van der Waals surface area contributed by atoms with Crippen LogP contribution in [0.3, 0.4) is 0 Å². The van der Waals surface area contributed by atoms with Crippen LogP contribution in [0.4, 0.5) is 5.69 Å². The quantitative estimate of drug-likeness (QED) is 0.783. The molecule has 0 spiro atoms. The molecule has 1 amide bonds. The Kier molecular flexibility index (Phi) is 4.44. The van der Waals surface area contributed by atoms with Gasteiger partial charge in [-0.2, -0.15) is 0 Å². The Morgan fingerprint density at radius 3 is 2.65 bits per heavy atom. The molecule has 0 aliphatic carbocycles. The molecule has 116 valence electrons. The van der Waals surface area contributed by atoms with Crippen LogP contribution >= 0.6 is 11.6 Å². The fraction of sp³-hybridized carbons (Fsp3) is 0.111. The van der Waals surface area contributed by atoms with Crippen LogP contribution in [0.25, 0.3) is 0 Å². The highest BCUT2D eigenvalue weighted by atomic mass is 35.5. The molecule has 0 atom stereocenters.